The van der Waals surface area contributed by atoms with Crippen LogP contribution in [0, 0.1) is 0 Å². The molecule has 0 atom stereocenters. The molecule has 0 saturated carbocycles. The van der Waals surface area contributed by atoms with E-state index in [0.29, 0.717) is 23.6 Å². The zero-order valence-corrected chi connectivity index (χ0v) is 11.8. The zero-order valence-electron chi connectivity index (χ0n) is 9.41. The van der Waals surface area contributed by atoms with E-state index in [1.165, 1.54) is 0 Å². The average molecular weight is 329 g/mol. The van der Waals surface area contributed by atoms with E-state index in [-0.39, 0.29) is 5.91 Å². The predicted octanol–water partition coefficient (Wildman–Crippen LogP) is 2.80. The maximum absolute atomic E-state index is 11.9. The lowest BCUT2D eigenvalue weighted by atomic mass is 10.2. The Hall–Kier alpha value is -1.33. The Labute approximate surface area is 118 Å². The number of rotatable bonds is 4. The van der Waals surface area contributed by atoms with Crippen LogP contribution in [0.5, 0.6) is 0 Å². The summed E-state index contributed by atoms with van der Waals surface area (Å²) < 4.78 is 0.825. The van der Waals surface area contributed by atoms with E-state index in [9.17, 15) is 4.79 Å². The first-order valence-electron chi connectivity index (χ1n) is 5.37. The summed E-state index contributed by atoms with van der Waals surface area (Å²) in [5.41, 5.74) is 1.45. The van der Waals surface area contributed by atoms with Crippen LogP contribution < -0.4 is 5.32 Å². The third-order valence-corrected chi connectivity index (χ3v) is 3.23. The van der Waals surface area contributed by atoms with E-state index < -0.39 is 0 Å². The van der Waals surface area contributed by atoms with Crippen molar-refractivity contribution in [1.29, 1.82) is 0 Å². The van der Waals surface area contributed by atoms with E-state index in [1.54, 1.807) is 30.7 Å². The molecule has 18 heavy (non-hydrogen) atoms. The minimum absolute atomic E-state index is 0.180. The Balaban J connectivity index is 1.93. The number of aromatic amines is 1. The SMILES string of the molecule is O=C(NCCc1cnc[nH]1)c1cc(Br)ccc1Cl. The van der Waals surface area contributed by atoms with Crippen LogP contribution in [-0.2, 0) is 6.42 Å². The molecule has 0 spiro atoms. The van der Waals surface area contributed by atoms with Crippen molar-refractivity contribution in [2.45, 2.75) is 6.42 Å². The highest BCUT2D eigenvalue weighted by atomic mass is 79.9. The van der Waals surface area contributed by atoms with Gasteiger partial charge in [0.15, 0.2) is 0 Å². The second-order valence-corrected chi connectivity index (χ2v) is 5.03. The van der Waals surface area contributed by atoms with Crippen molar-refractivity contribution in [2.24, 2.45) is 0 Å². The van der Waals surface area contributed by atoms with Crippen LogP contribution in [-0.4, -0.2) is 22.4 Å². The Kier molecular flexibility index (Phi) is 4.38. The number of imidazole rings is 1. The molecule has 0 radical (unpaired) electrons. The first-order valence-corrected chi connectivity index (χ1v) is 6.54. The van der Waals surface area contributed by atoms with Gasteiger partial charge in [-0.2, -0.15) is 0 Å². The summed E-state index contributed by atoms with van der Waals surface area (Å²) in [7, 11) is 0. The largest absolute Gasteiger partial charge is 0.352 e. The molecular formula is C12H11BrClN3O. The highest BCUT2D eigenvalue weighted by molar-refractivity contribution is 9.10. The Morgan fingerprint density at radius 3 is 3.06 bits per heavy atom. The molecule has 94 valence electrons. The van der Waals surface area contributed by atoms with Crippen LogP contribution in [0.3, 0.4) is 0 Å². The van der Waals surface area contributed by atoms with E-state index in [0.717, 1.165) is 10.2 Å². The second-order valence-electron chi connectivity index (χ2n) is 3.71. The fraction of sp³-hybridized carbons (Fsp3) is 0.167. The summed E-state index contributed by atoms with van der Waals surface area (Å²) in [5.74, 6) is -0.180. The monoisotopic (exact) mass is 327 g/mol. The van der Waals surface area contributed by atoms with E-state index in [2.05, 4.69) is 31.2 Å². The number of carbonyl (C=O) groups excluding carboxylic acids is 1. The van der Waals surface area contributed by atoms with Gasteiger partial charge in [-0.1, -0.05) is 27.5 Å². The topological polar surface area (TPSA) is 57.8 Å². The molecule has 0 unspecified atom stereocenters. The van der Waals surface area contributed by atoms with Crippen LogP contribution >= 0.6 is 27.5 Å². The van der Waals surface area contributed by atoms with Crippen molar-refractivity contribution in [2.75, 3.05) is 6.54 Å². The summed E-state index contributed by atoms with van der Waals surface area (Å²) >= 11 is 9.28. The summed E-state index contributed by atoms with van der Waals surface area (Å²) in [6.07, 6.45) is 4.05. The molecule has 0 saturated heterocycles. The minimum atomic E-state index is -0.180. The third-order valence-electron chi connectivity index (χ3n) is 2.41. The molecule has 0 bridgehead atoms. The van der Waals surface area contributed by atoms with Crippen LogP contribution in [0.15, 0.2) is 35.2 Å². The van der Waals surface area contributed by atoms with Crippen molar-refractivity contribution >= 4 is 33.4 Å². The molecule has 1 aromatic heterocycles. The fourth-order valence-corrected chi connectivity index (χ4v) is 2.06. The van der Waals surface area contributed by atoms with Crippen LogP contribution in [0.1, 0.15) is 16.1 Å². The van der Waals surface area contributed by atoms with E-state index in [4.69, 9.17) is 11.6 Å². The van der Waals surface area contributed by atoms with Crippen LogP contribution in [0.25, 0.3) is 0 Å². The standard InChI is InChI=1S/C12H11BrClN3O/c13-8-1-2-11(14)10(5-8)12(18)16-4-3-9-6-15-7-17-9/h1-2,5-7H,3-4H2,(H,15,17)(H,16,18). The second kappa shape index (κ2) is 6.02. The number of H-pyrrole nitrogens is 1. The van der Waals surface area contributed by atoms with E-state index in [1.807, 2.05) is 0 Å². The number of benzene rings is 1. The molecule has 0 fully saturated rings. The molecule has 4 nitrogen and oxygen atoms in total. The number of aromatic nitrogens is 2. The lowest BCUT2D eigenvalue weighted by Gasteiger charge is -2.06. The van der Waals surface area contributed by atoms with Crippen LogP contribution in [0.4, 0.5) is 0 Å². The van der Waals surface area contributed by atoms with E-state index >= 15 is 0 Å². The van der Waals surface area contributed by atoms with Crippen molar-refractivity contribution in [3.8, 4) is 0 Å². The van der Waals surface area contributed by atoms with Gasteiger partial charge in [0.2, 0.25) is 0 Å². The maximum Gasteiger partial charge on any atom is 0.252 e. The fourth-order valence-electron chi connectivity index (χ4n) is 1.50. The normalized spacial score (nSPS) is 10.3. The number of amides is 1. The van der Waals surface area contributed by atoms with Crippen molar-refractivity contribution in [3.63, 3.8) is 0 Å². The minimum Gasteiger partial charge on any atom is -0.352 e. The summed E-state index contributed by atoms with van der Waals surface area (Å²) in [6, 6.07) is 5.19. The number of nitrogens with one attached hydrogen (secondary N) is 2. The van der Waals surface area contributed by atoms with Crippen LogP contribution in [0.2, 0.25) is 5.02 Å². The highest BCUT2D eigenvalue weighted by Crippen LogP contribution is 2.20. The van der Waals surface area contributed by atoms with Gasteiger partial charge in [-0.25, -0.2) is 4.98 Å². The van der Waals surface area contributed by atoms with Crippen molar-refractivity contribution < 1.29 is 4.79 Å². The molecule has 0 aliphatic heterocycles. The van der Waals surface area contributed by atoms with Crippen molar-refractivity contribution in [1.82, 2.24) is 15.3 Å². The zero-order chi connectivity index (χ0) is 13.0. The number of halogens is 2. The molecular weight excluding hydrogens is 318 g/mol. The number of carbonyl (C=O) groups is 1. The molecule has 1 aromatic carbocycles. The lowest BCUT2D eigenvalue weighted by molar-refractivity contribution is 0.0954. The number of hydrogen-bond acceptors (Lipinski definition) is 2. The number of nitrogens with zero attached hydrogens (tertiary/aromatic N) is 1. The molecule has 2 rings (SSSR count). The molecule has 0 aliphatic rings. The molecule has 0 aliphatic carbocycles. The molecule has 1 amide bonds. The Bertz CT molecular complexity index is 542. The summed E-state index contributed by atoms with van der Waals surface area (Å²) in [5, 5.41) is 3.26. The van der Waals surface area contributed by atoms with Gasteiger partial charge in [-0.15, -0.1) is 0 Å². The first-order chi connectivity index (χ1) is 8.66. The summed E-state index contributed by atoms with van der Waals surface area (Å²) in [6.45, 7) is 0.532. The van der Waals surface area contributed by atoms with Gasteiger partial charge >= 0.3 is 0 Å². The van der Waals surface area contributed by atoms with Gasteiger partial charge in [-0.05, 0) is 18.2 Å². The van der Waals surface area contributed by atoms with Crippen molar-refractivity contribution in [3.05, 3.63) is 51.5 Å². The Morgan fingerprint density at radius 2 is 2.33 bits per heavy atom. The highest BCUT2D eigenvalue weighted by Gasteiger charge is 2.10. The van der Waals surface area contributed by atoms with Gasteiger partial charge in [0.1, 0.15) is 0 Å². The molecule has 6 heteroatoms. The van der Waals surface area contributed by atoms with Gasteiger partial charge in [-0.3, -0.25) is 4.79 Å². The third kappa shape index (κ3) is 3.34. The Morgan fingerprint density at radius 1 is 1.50 bits per heavy atom. The lowest BCUT2D eigenvalue weighted by Crippen LogP contribution is -2.26. The molecule has 2 aromatic rings. The maximum atomic E-state index is 11.9. The quantitative estimate of drug-likeness (QED) is 0.906. The van der Waals surface area contributed by atoms with Gasteiger partial charge < -0.3 is 10.3 Å². The molecule has 2 N–H and O–H groups in total. The predicted molar refractivity (Wildman–Crippen MR) is 73.8 cm³/mol. The average Bonchev–Trinajstić information content (AvgIpc) is 2.85. The summed E-state index contributed by atoms with van der Waals surface area (Å²) in [4.78, 5) is 18.8. The number of hydrogen-bond donors (Lipinski definition) is 2. The smallest absolute Gasteiger partial charge is 0.252 e. The van der Waals surface area contributed by atoms with Gasteiger partial charge in [0.05, 0.1) is 16.9 Å². The molecule has 1 heterocycles. The first kappa shape index (κ1) is 13.1. The van der Waals surface area contributed by atoms with Gasteiger partial charge in [0.25, 0.3) is 5.91 Å². The van der Waals surface area contributed by atoms with Gasteiger partial charge in [0, 0.05) is 29.3 Å².